The van der Waals surface area contributed by atoms with Crippen LogP contribution in [0.1, 0.15) is 0 Å². The standard InChI is InChI=1S/C19H19N3O3S2/c1-22(27(24,25)19-12-7-13-26-19)14-18(23)21-17-11-6-5-10-16(17)20-15-8-3-2-4-9-15/h2-13,20H,14H2,1H3,(H,21,23). The number of anilines is 3. The van der Waals surface area contributed by atoms with Crippen molar-refractivity contribution in [1.29, 1.82) is 0 Å². The maximum atomic E-state index is 12.4. The van der Waals surface area contributed by atoms with Crippen LogP contribution in [0.4, 0.5) is 17.1 Å². The molecule has 0 fully saturated rings. The first-order valence-corrected chi connectivity index (χ1v) is 10.5. The maximum Gasteiger partial charge on any atom is 0.252 e. The average molecular weight is 402 g/mol. The van der Waals surface area contributed by atoms with Gasteiger partial charge >= 0.3 is 0 Å². The van der Waals surface area contributed by atoms with Crippen molar-refractivity contribution in [2.24, 2.45) is 0 Å². The molecule has 8 heteroatoms. The van der Waals surface area contributed by atoms with Gasteiger partial charge in [0.15, 0.2) is 0 Å². The molecular weight excluding hydrogens is 382 g/mol. The third kappa shape index (κ3) is 4.73. The van der Waals surface area contributed by atoms with E-state index in [4.69, 9.17) is 0 Å². The Morgan fingerprint density at radius 2 is 1.63 bits per heavy atom. The number of nitrogens with one attached hydrogen (secondary N) is 2. The van der Waals surface area contributed by atoms with Crippen molar-refractivity contribution in [2.75, 3.05) is 24.2 Å². The molecule has 6 nitrogen and oxygen atoms in total. The predicted octanol–water partition coefficient (Wildman–Crippen LogP) is 3.75. The van der Waals surface area contributed by atoms with Crippen LogP contribution in [-0.4, -0.2) is 32.2 Å². The van der Waals surface area contributed by atoms with Gasteiger partial charge in [-0.3, -0.25) is 4.79 Å². The van der Waals surface area contributed by atoms with E-state index < -0.39 is 15.9 Å². The van der Waals surface area contributed by atoms with E-state index in [-0.39, 0.29) is 10.8 Å². The van der Waals surface area contributed by atoms with Gasteiger partial charge in [-0.25, -0.2) is 8.42 Å². The van der Waals surface area contributed by atoms with Gasteiger partial charge in [-0.05, 0) is 35.7 Å². The van der Waals surface area contributed by atoms with Crippen molar-refractivity contribution < 1.29 is 13.2 Å². The SMILES string of the molecule is CN(CC(=O)Nc1ccccc1Nc1ccccc1)S(=O)(=O)c1cccs1. The van der Waals surface area contributed by atoms with Crippen molar-refractivity contribution >= 4 is 44.3 Å². The molecule has 3 aromatic rings. The van der Waals surface area contributed by atoms with Crippen molar-refractivity contribution in [3.63, 3.8) is 0 Å². The fourth-order valence-electron chi connectivity index (χ4n) is 2.42. The highest BCUT2D eigenvalue weighted by Crippen LogP contribution is 2.25. The minimum Gasteiger partial charge on any atom is -0.354 e. The zero-order valence-corrected chi connectivity index (χ0v) is 16.3. The third-order valence-corrected chi connectivity index (χ3v) is 6.96. The summed E-state index contributed by atoms with van der Waals surface area (Å²) < 4.78 is 26.1. The molecule has 0 atom stereocenters. The second-order valence-electron chi connectivity index (χ2n) is 5.78. The number of hydrogen-bond donors (Lipinski definition) is 2. The van der Waals surface area contributed by atoms with Crippen molar-refractivity contribution in [2.45, 2.75) is 4.21 Å². The topological polar surface area (TPSA) is 78.5 Å². The largest absolute Gasteiger partial charge is 0.354 e. The van der Waals surface area contributed by atoms with E-state index in [1.807, 2.05) is 42.5 Å². The van der Waals surface area contributed by atoms with Gasteiger partial charge in [0.05, 0.1) is 17.9 Å². The van der Waals surface area contributed by atoms with Crippen LogP contribution < -0.4 is 10.6 Å². The number of nitrogens with zero attached hydrogens (tertiary/aromatic N) is 1. The van der Waals surface area contributed by atoms with Crippen molar-refractivity contribution in [1.82, 2.24) is 4.31 Å². The van der Waals surface area contributed by atoms with Crippen molar-refractivity contribution in [3.05, 3.63) is 72.1 Å². The minimum absolute atomic E-state index is 0.212. The summed E-state index contributed by atoms with van der Waals surface area (Å²) >= 11 is 1.12. The molecule has 1 aromatic heterocycles. The molecule has 0 saturated heterocycles. The Labute approximate surface area is 162 Å². The van der Waals surface area contributed by atoms with E-state index in [1.165, 1.54) is 13.1 Å². The van der Waals surface area contributed by atoms with E-state index in [0.717, 1.165) is 27.0 Å². The van der Waals surface area contributed by atoms with E-state index in [2.05, 4.69) is 10.6 Å². The number of rotatable bonds is 7. The number of para-hydroxylation sites is 3. The summed E-state index contributed by atoms with van der Waals surface area (Å²) in [6.07, 6.45) is 0. The van der Waals surface area contributed by atoms with Gasteiger partial charge in [0.25, 0.3) is 10.0 Å². The van der Waals surface area contributed by atoms with Gasteiger partial charge in [-0.2, -0.15) is 4.31 Å². The van der Waals surface area contributed by atoms with E-state index in [0.29, 0.717) is 5.69 Å². The summed E-state index contributed by atoms with van der Waals surface area (Å²) in [5.74, 6) is -0.417. The molecule has 2 N–H and O–H groups in total. The van der Waals surface area contributed by atoms with Gasteiger partial charge in [0.2, 0.25) is 5.91 Å². The number of thiophene rings is 1. The Bertz CT molecular complexity index is 1000. The summed E-state index contributed by atoms with van der Waals surface area (Å²) in [6, 6.07) is 20.0. The summed E-state index contributed by atoms with van der Waals surface area (Å²) in [4.78, 5) is 12.4. The Balaban J connectivity index is 1.70. The molecule has 0 aliphatic carbocycles. The summed E-state index contributed by atoms with van der Waals surface area (Å²) in [6.45, 7) is -0.278. The number of sulfonamides is 1. The molecule has 1 amide bonds. The van der Waals surface area contributed by atoms with Crippen LogP contribution in [0.3, 0.4) is 0 Å². The Kier molecular flexibility index (Phi) is 5.90. The zero-order chi connectivity index (χ0) is 19.3. The first-order valence-electron chi connectivity index (χ1n) is 8.17. The Morgan fingerprint density at radius 1 is 0.963 bits per heavy atom. The quantitative estimate of drug-likeness (QED) is 0.632. The van der Waals surface area contributed by atoms with Gasteiger partial charge < -0.3 is 10.6 Å². The lowest BCUT2D eigenvalue weighted by Crippen LogP contribution is -2.34. The van der Waals surface area contributed by atoms with Crippen LogP contribution in [0.25, 0.3) is 0 Å². The molecule has 0 aliphatic heterocycles. The Hall–Kier alpha value is -2.68. The second kappa shape index (κ2) is 8.34. The van der Waals surface area contributed by atoms with Crippen molar-refractivity contribution in [3.8, 4) is 0 Å². The van der Waals surface area contributed by atoms with E-state index in [1.54, 1.807) is 23.6 Å². The third-order valence-electron chi connectivity index (χ3n) is 3.78. The highest BCUT2D eigenvalue weighted by atomic mass is 32.2. The number of benzene rings is 2. The van der Waals surface area contributed by atoms with Crippen LogP contribution in [0.5, 0.6) is 0 Å². The lowest BCUT2D eigenvalue weighted by molar-refractivity contribution is -0.116. The highest BCUT2D eigenvalue weighted by molar-refractivity contribution is 7.91. The fourth-order valence-corrected chi connectivity index (χ4v) is 4.75. The van der Waals surface area contributed by atoms with Gasteiger partial charge in [0.1, 0.15) is 4.21 Å². The summed E-state index contributed by atoms with van der Waals surface area (Å²) in [5, 5.41) is 7.70. The van der Waals surface area contributed by atoms with Crippen LogP contribution in [-0.2, 0) is 14.8 Å². The summed E-state index contributed by atoms with van der Waals surface area (Å²) in [5.41, 5.74) is 2.19. The van der Waals surface area contributed by atoms with Crippen LogP contribution in [0, 0.1) is 0 Å². The number of hydrogen-bond acceptors (Lipinski definition) is 5. The molecule has 0 spiro atoms. The lowest BCUT2D eigenvalue weighted by Gasteiger charge is -2.17. The molecular formula is C19H19N3O3S2. The number of likely N-dealkylation sites (N-methyl/N-ethyl adjacent to an activating group) is 1. The first-order chi connectivity index (χ1) is 13.0. The van der Waals surface area contributed by atoms with E-state index >= 15 is 0 Å². The molecule has 0 radical (unpaired) electrons. The molecule has 0 bridgehead atoms. The van der Waals surface area contributed by atoms with Crippen LogP contribution >= 0.6 is 11.3 Å². The number of carbonyl (C=O) groups is 1. The second-order valence-corrected chi connectivity index (χ2v) is 9.00. The molecule has 3 rings (SSSR count). The first kappa shape index (κ1) is 19.1. The molecule has 140 valence electrons. The molecule has 0 aliphatic rings. The molecule has 0 unspecified atom stereocenters. The van der Waals surface area contributed by atoms with Crippen LogP contribution in [0.15, 0.2) is 76.3 Å². The van der Waals surface area contributed by atoms with Gasteiger partial charge in [0, 0.05) is 12.7 Å². The monoisotopic (exact) mass is 401 g/mol. The van der Waals surface area contributed by atoms with Gasteiger partial charge in [-0.1, -0.05) is 36.4 Å². The smallest absolute Gasteiger partial charge is 0.252 e. The normalized spacial score (nSPS) is 11.3. The average Bonchev–Trinajstić information content (AvgIpc) is 3.19. The highest BCUT2D eigenvalue weighted by Gasteiger charge is 2.24. The number of amides is 1. The molecule has 2 aromatic carbocycles. The lowest BCUT2D eigenvalue weighted by atomic mass is 10.2. The van der Waals surface area contributed by atoms with Gasteiger partial charge in [-0.15, -0.1) is 11.3 Å². The predicted molar refractivity (Wildman–Crippen MR) is 109 cm³/mol. The van der Waals surface area contributed by atoms with E-state index in [9.17, 15) is 13.2 Å². The molecule has 0 saturated carbocycles. The molecule has 27 heavy (non-hydrogen) atoms. The maximum absolute atomic E-state index is 12.4. The van der Waals surface area contributed by atoms with Crippen LogP contribution in [0.2, 0.25) is 0 Å². The Morgan fingerprint density at radius 3 is 2.30 bits per heavy atom. The fraction of sp³-hybridized carbons (Fsp3) is 0.105. The minimum atomic E-state index is -3.67. The number of carbonyl (C=O) groups excluding carboxylic acids is 1. The molecule has 1 heterocycles. The summed E-state index contributed by atoms with van der Waals surface area (Å²) in [7, 11) is -2.27. The zero-order valence-electron chi connectivity index (χ0n) is 14.6.